The second-order valence-electron chi connectivity index (χ2n) is 3.33. The molecule has 3 atom stereocenters. The molecule has 3 N–H and O–H groups in total. The van der Waals surface area contributed by atoms with E-state index < -0.39 is 5.97 Å². The van der Waals surface area contributed by atoms with Crippen LogP contribution in [-0.4, -0.2) is 28.1 Å². The monoisotopic (exact) mass is 205 g/mol. The number of hydrogen-bond donors (Lipinski definition) is 2. The molecular weight excluding hydrogens is 186 g/mol. The van der Waals surface area contributed by atoms with Gasteiger partial charge in [0.05, 0.1) is 5.92 Å². The predicted molar refractivity (Wildman–Crippen MR) is 57.0 cm³/mol. The Labute approximate surface area is 84.1 Å². The normalized spacial score (nSPS) is 17.8. The second kappa shape index (κ2) is 6.27. The molecule has 0 aliphatic rings. The van der Waals surface area contributed by atoms with Crippen molar-refractivity contribution in [3.63, 3.8) is 0 Å². The summed E-state index contributed by atoms with van der Waals surface area (Å²) in [6.45, 7) is 5.71. The summed E-state index contributed by atoms with van der Waals surface area (Å²) >= 11 is 1.64. The summed E-state index contributed by atoms with van der Waals surface area (Å²) in [5.41, 5.74) is 5.73. The van der Waals surface area contributed by atoms with Crippen molar-refractivity contribution in [3.8, 4) is 0 Å². The fraction of sp³-hybridized carbons (Fsp3) is 0.889. The fourth-order valence-electron chi connectivity index (χ4n) is 0.738. The van der Waals surface area contributed by atoms with E-state index in [0.717, 1.165) is 12.2 Å². The zero-order valence-electron chi connectivity index (χ0n) is 8.49. The quantitative estimate of drug-likeness (QED) is 0.691. The molecule has 0 aromatic rings. The van der Waals surface area contributed by atoms with Crippen LogP contribution < -0.4 is 5.73 Å². The van der Waals surface area contributed by atoms with Crippen molar-refractivity contribution in [3.05, 3.63) is 0 Å². The molecule has 0 spiro atoms. The Morgan fingerprint density at radius 3 is 2.46 bits per heavy atom. The van der Waals surface area contributed by atoms with Crippen molar-refractivity contribution < 1.29 is 9.90 Å². The Morgan fingerprint density at radius 2 is 2.08 bits per heavy atom. The van der Waals surface area contributed by atoms with Gasteiger partial charge in [-0.25, -0.2) is 0 Å². The standard InChI is InChI=1S/C9H19NO2S/c1-4-8(10)5-13-7(3)6(2)9(11)12/h6-8H,4-5,10H2,1-3H3,(H,11,12). The molecule has 0 aromatic carbocycles. The van der Waals surface area contributed by atoms with Gasteiger partial charge in [0, 0.05) is 17.0 Å². The largest absolute Gasteiger partial charge is 0.481 e. The van der Waals surface area contributed by atoms with Gasteiger partial charge in [0.2, 0.25) is 0 Å². The van der Waals surface area contributed by atoms with Crippen molar-refractivity contribution >= 4 is 17.7 Å². The molecule has 4 heteroatoms. The fourth-order valence-corrected chi connectivity index (χ4v) is 1.93. The van der Waals surface area contributed by atoms with Crippen LogP contribution in [0.1, 0.15) is 27.2 Å². The number of rotatable bonds is 6. The van der Waals surface area contributed by atoms with E-state index in [-0.39, 0.29) is 17.2 Å². The van der Waals surface area contributed by atoms with Crippen molar-refractivity contribution in [2.24, 2.45) is 11.7 Å². The van der Waals surface area contributed by atoms with Crippen LogP contribution in [-0.2, 0) is 4.79 Å². The highest BCUT2D eigenvalue weighted by atomic mass is 32.2. The van der Waals surface area contributed by atoms with Gasteiger partial charge < -0.3 is 10.8 Å². The predicted octanol–water partition coefficient (Wildman–Crippen LogP) is 1.57. The van der Waals surface area contributed by atoms with E-state index in [1.807, 2.05) is 13.8 Å². The van der Waals surface area contributed by atoms with Crippen molar-refractivity contribution in [1.29, 1.82) is 0 Å². The van der Waals surface area contributed by atoms with E-state index in [4.69, 9.17) is 10.8 Å². The smallest absolute Gasteiger partial charge is 0.307 e. The highest BCUT2D eigenvalue weighted by molar-refractivity contribution is 7.99. The van der Waals surface area contributed by atoms with Gasteiger partial charge in [-0.2, -0.15) is 11.8 Å². The van der Waals surface area contributed by atoms with Gasteiger partial charge in [-0.05, 0) is 6.42 Å². The molecular formula is C9H19NO2S. The highest BCUT2D eigenvalue weighted by Crippen LogP contribution is 2.20. The third-order valence-electron chi connectivity index (χ3n) is 2.19. The summed E-state index contributed by atoms with van der Waals surface area (Å²) in [6.07, 6.45) is 0.946. The van der Waals surface area contributed by atoms with Crippen molar-refractivity contribution in [1.82, 2.24) is 0 Å². The summed E-state index contributed by atoms with van der Waals surface area (Å²) in [5, 5.41) is 8.86. The summed E-state index contributed by atoms with van der Waals surface area (Å²) in [7, 11) is 0. The lowest BCUT2D eigenvalue weighted by atomic mass is 10.1. The van der Waals surface area contributed by atoms with Gasteiger partial charge >= 0.3 is 5.97 Å². The van der Waals surface area contributed by atoms with Crippen LogP contribution in [0.4, 0.5) is 0 Å². The Balaban J connectivity index is 3.73. The average molecular weight is 205 g/mol. The highest BCUT2D eigenvalue weighted by Gasteiger charge is 2.19. The number of thioether (sulfide) groups is 1. The number of nitrogens with two attached hydrogens (primary N) is 1. The summed E-state index contributed by atoms with van der Waals surface area (Å²) < 4.78 is 0. The lowest BCUT2D eigenvalue weighted by Crippen LogP contribution is -2.26. The molecule has 0 amide bonds. The molecule has 3 unspecified atom stereocenters. The lowest BCUT2D eigenvalue weighted by molar-refractivity contribution is -0.140. The third kappa shape index (κ3) is 5.16. The van der Waals surface area contributed by atoms with Crippen LogP contribution in [0.3, 0.4) is 0 Å². The number of carboxylic acid groups (broad SMARTS) is 1. The van der Waals surface area contributed by atoms with E-state index >= 15 is 0 Å². The number of carbonyl (C=O) groups is 1. The second-order valence-corrected chi connectivity index (χ2v) is 4.74. The van der Waals surface area contributed by atoms with Gasteiger partial charge in [-0.3, -0.25) is 4.79 Å². The molecule has 0 aliphatic carbocycles. The molecule has 0 radical (unpaired) electrons. The Hall–Kier alpha value is -0.220. The molecule has 3 nitrogen and oxygen atoms in total. The van der Waals surface area contributed by atoms with Crippen LogP contribution in [0.5, 0.6) is 0 Å². The van der Waals surface area contributed by atoms with Gasteiger partial charge in [0.15, 0.2) is 0 Å². The Kier molecular flexibility index (Phi) is 6.16. The third-order valence-corrected chi connectivity index (χ3v) is 3.75. The summed E-state index contributed by atoms with van der Waals surface area (Å²) in [4.78, 5) is 10.6. The number of hydrogen-bond acceptors (Lipinski definition) is 3. The number of aliphatic carboxylic acids is 1. The lowest BCUT2D eigenvalue weighted by Gasteiger charge is -2.17. The van der Waals surface area contributed by atoms with Crippen LogP contribution >= 0.6 is 11.8 Å². The van der Waals surface area contributed by atoms with Crippen LogP contribution in [0, 0.1) is 5.92 Å². The molecule has 0 saturated heterocycles. The van der Waals surface area contributed by atoms with E-state index in [0.29, 0.717) is 0 Å². The van der Waals surface area contributed by atoms with Crippen molar-refractivity contribution in [2.45, 2.75) is 38.5 Å². The minimum absolute atomic E-state index is 0.134. The molecule has 13 heavy (non-hydrogen) atoms. The summed E-state index contributed by atoms with van der Waals surface area (Å²) in [5.74, 6) is -0.186. The zero-order valence-corrected chi connectivity index (χ0v) is 9.30. The first kappa shape index (κ1) is 12.8. The summed E-state index contributed by atoms with van der Waals surface area (Å²) in [6, 6.07) is 0.188. The molecule has 0 heterocycles. The topological polar surface area (TPSA) is 63.3 Å². The Bertz CT molecular complexity index is 164. The minimum atomic E-state index is -0.731. The SMILES string of the molecule is CCC(N)CSC(C)C(C)C(=O)O. The maximum absolute atomic E-state index is 10.6. The Morgan fingerprint density at radius 1 is 1.54 bits per heavy atom. The van der Waals surface area contributed by atoms with E-state index in [9.17, 15) is 4.79 Å². The van der Waals surface area contributed by atoms with Gasteiger partial charge in [-0.15, -0.1) is 0 Å². The van der Waals surface area contributed by atoms with E-state index in [2.05, 4.69) is 0 Å². The van der Waals surface area contributed by atoms with Crippen LogP contribution in [0.2, 0.25) is 0 Å². The van der Waals surface area contributed by atoms with Gasteiger partial charge in [0.1, 0.15) is 0 Å². The van der Waals surface area contributed by atoms with Crippen molar-refractivity contribution in [2.75, 3.05) is 5.75 Å². The maximum Gasteiger partial charge on any atom is 0.307 e. The molecule has 0 rings (SSSR count). The van der Waals surface area contributed by atoms with Crippen LogP contribution in [0.25, 0.3) is 0 Å². The molecule has 0 fully saturated rings. The van der Waals surface area contributed by atoms with E-state index in [1.165, 1.54) is 0 Å². The van der Waals surface area contributed by atoms with Gasteiger partial charge in [-0.1, -0.05) is 20.8 Å². The minimum Gasteiger partial charge on any atom is -0.481 e. The zero-order chi connectivity index (χ0) is 10.4. The van der Waals surface area contributed by atoms with Crippen LogP contribution in [0.15, 0.2) is 0 Å². The molecule has 0 aromatic heterocycles. The first-order valence-electron chi connectivity index (χ1n) is 4.59. The maximum atomic E-state index is 10.6. The molecule has 0 aliphatic heterocycles. The molecule has 0 bridgehead atoms. The number of carboxylic acids is 1. The molecule has 78 valence electrons. The first-order chi connectivity index (χ1) is 5.99. The first-order valence-corrected chi connectivity index (χ1v) is 5.63. The van der Waals surface area contributed by atoms with E-state index in [1.54, 1.807) is 18.7 Å². The van der Waals surface area contributed by atoms with Gasteiger partial charge in [0.25, 0.3) is 0 Å². The molecule has 0 saturated carbocycles. The average Bonchev–Trinajstić information content (AvgIpc) is 2.11.